The van der Waals surface area contributed by atoms with E-state index in [-0.39, 0.29) is 25.7 Å². The molecule has 0 bridgehead atoms. The smallest absolute Gasteiger partial charge is 0.248 e. The highest BCUT2D eigenvalue weighted by atomic mass is 32.2. The number of piperazine rings is 1. The Labute approximate surface area is 221 Å². The van der Waals surface area contributed by atoms with Crippen LogP contribution in [-0.2, 0) is 37.3 Å². The van der Waals surface area contributed by atoms with Crippen LogP contribution in [-0.4, -0.2) is 94.1 Å². The zero-order chi connectivity index (χ0) is 26.6. The van der Waals surface area contributed by atoms with E-state index in [1.54, 1.807) is 11.4 Å². The molecule has 0 saturated carbocycles. The van der Waals surface area contributed by atoms with Gasteiger partial charge in [0.05, 0.1) is 24.2 Å². The first-order valence-corrected chi connectivity index (χ1v) is 14.4. The van der Waals surface area contributed by atoms with E-state index in [1.807, 2.05) is 62.1 Å². The second kappa shape index (κ2) is 12.0. The van der Waals surface area contributed by atoms with Gasteiger partial charge in [-0.05, 0) is 49.4 Å². The molecule has 1 unspecified atom stereocenters. The highest BCUT2D eigenvalue weighted by molar-refractivity contribution is 7.89. The van der Waals surface area contributed by atoms with Crippen LogP contribution in [0.2, 0.25) is 0 Å². The zero-order valence-corrected chi connectivity index (χ0v) is 23.2. The van der Waals surface area contributed by atoms with Gasteiger partial charge in [-0.3, -0.25) is 9.69 Å². The number of benzene rings is 2. The van der Waals surface area contributed by atoms with Gasteiger partial charge in [0, 0.05) is 46.4 Å². The van der Waals surface area contributed by atoms with E-state index < -0.39 is 16.1 Å². The van der Waals surface area contributed by atoms with Crippen LogP contribution < -0.4 is 0 Å². The molecule has 1 amide bonds. The van der Waals surface area contributed by atoms with Crippen LogP contribution in [0.1, 0.15) is 27.8 Å². The SMILES string of the molecule is COCCN1CCN(C(=O)COCC2Cc3ccccc3CN2S(=O)(=O)c2c(C)cc(C)cc2C)CC1. The van der Waals surface area contributed by atoms with Gasteiger partial charge in [-0.2, -0.15) is 4.31 Å². The third-order valence-corrected chi connectivity index (χ3v) is 9.56. The first kappa shape index (κ1) is 27.7. The Morgan fingerprint density at radius 1 is 1.00 bits per heavy atom. The molecule has 1 fully saturated rings. The predicted molar refractivity (Wildman–Crippen MR) is 143 cm³/mol. The second-order valence-electron chi connectivity index (χ2n) is 10.1. The normalized spacial score (nSPS) is 19.1. The number of methoxy groups -OCH3 is 1. The molecule has 1 atom stereocenters. The van der Waals surface area contributed by atoms with E-state index in [0.29, 0.717) is 31.0 Å². The number of fused-ring (bicyclic) bond motifs is 1. The molecule has 2 aliphatic rings. The number of amides is 1. The highest BCUT2D eigenvalue weighted by Crippen LogP contribution is 2.32. The maximum atomic E-state index is 14.0. The van der Waals surface area contributed by atoms with Gasteiger partial charge in [-0.1, -0.05) is 42.0 Å². The Balaban J connectivity index is 1.45. The number of carbonyl (C=O) groups excluding carboxylic acids is 1. The van der Waals surface area contributed by atoms with E-state index >= 15 is 0 Å². The topological polar surface area (TPSA) is 79.4 Å². The fourth-order valence-electron chi connectivity index (χ4n) is 5.49. The van der Waals surface area contributed by atoms with Gasteiger partial charge < -0.3 is 14.4 Å². The lowest BCUT2D eigenvalue weighted by Crippen LogP contribution is -2.51. The summed E-state index contributed by atoms with van der Waals surface area (Å²) in [5, 5.41) is 0. The Kier molecular flexibility index (Phi) is 9.03. The van der Waals surface area contributed by atoms with E-state index in [9.17, 15) is 13.2 Å². The monoisotopic (exact) mass is 529 g/mol. The fourth-order valence-corrected chi connectivity index (χ4v) is 7.50. The van der Waals surface area contributed by atoms with Crippen LogP contribution in [0.3, 0.4) is 0 Å². The Bertz CT molecular complexity index is 1190. The van der Waals surface area contributed by atoms with Gasteiger partial charge in [0.2, 0.25) is 15.9 Å². The van der Waals surface area contributed by atoms with Gasteiger partial charge >= 0.3 is 0 Å². The molecule has 1 saturated heterocycles. The number of hydrogen-bond acceptors (Lipinski definition) is 6. The average Bonchev–Trinajstić information content (AvgIpc) is 2.86. The Hall–Kier alpha value is -2.30. The lowest BCUT2D eigenvalue weighted by molar-refractivity contribution is -0.138. The Morgan fingerprint density at radius 2 is 1.65 bits per heavy atom. The van der Waals surface area contributed by atoms with Crippen LogP contribution in [0.25, 0.3) is 0 Å². The van der Waals surface area contributed by atoms with Crippen molar-refractivity contribution in [2.24, 2.45) is 0 Å². The van der Waals surface area contributed by atoms with E-state index in [2.05, 4.69) is 4.90 Å². The summed E-state index contributed by atoms with van der Waals surface area (Å²) in [6.07, 6.45) is 0.547. The van der Waals surface area contributed by atoms with E-state index in [0.717, 1.165) is 47.5 Å². The number of ether oxygens (including phenoxy) is 2. The van der Waals surface area contributed by atoms with Gasteiger partial charge in [-0.15, -0.1) is 0 Å². The van der Waals surface area contributed by atoms with Crippen LogP contribution in [0, 0.1) is 20.8 Å². The number of sulfonamides is 1. The quantitative estimate of drug-likeness (QED) is 0.497. The molecular formula is C28H39N3O5S. The molecule has 0 radical (unpaired) electrons. The summed E-state index contributed by atoms with van der Waals surface area (Å²) in [6, 6.07) is 11.4. The molecule has 2 aromatic carbocycles. The number of carbonyl (C=O) groups is 1. The third kappa shape index (κ3) is 6.41. The largest absolute Gasteiger partial charge is 0.383 e. The molecule has 2 heterocycles. The first-order chi connectivity index (χ1) is 17.7. The fraction of sp³-hybridized carbons (Fsp3) is 0.536. The van der Waals surface area contributed by atoms with E-state index in [4.69, 9.17) is 9.47 Å². The molecule has 9 heteroatoms. The molecule has 2 aromatic rings. The minimum Gasteiger partial charge on any atom is -0.383 e. The number of nitrogens with zero attached hydrogens (tertiary/aromatic N) is 3. The number of rotatable bonds is 9. The van der Waals surface area contributed by atoms with Crippen molar-refractivity contribution in [3.8, 4) is 0 Å². The first-order valence-electron chi connectivity index (χ1n) is 12.9. The van der Waals surface area contributed by atoms with Crippen LogP contribution in [0.4, 0.5) is 0 Å². The summed E-state index contributed by atoms with van der Waals surface area (Å²) in [5.41, 5.74) is 4.66. The maximum absolute atomic E-state index is 14.0. The summed E-state index contributed by atoms with van der Waals surface area (Å²) < 4.78 is 40.6. The molecule has 4 rings (SSSR count). The molecule has 0 spiro atoms. The minimum atomic E-state index is -3.77. The summed E-state index contributed by atoms with van der Waals surface area (Å²) in [7, 11) is -2.08. The molecule has 202 valence electrons. The van der Waals surface area contributed by atoms with Gasteiger partial charge in [0.25, 0.3) is 0 Å². The van der Waals surface area contributed by atoms with E-state index in [1.165, 1.54) is 0 Å². The molecule has 2 aliphatic heterocycles. The zero-order valence-electron chi connectivity index (χ0n) is 22.4. The van der Waals surface area contributed by atoms with Crippen molar-refractivity contribution >= 4 is 15.9 Å². The van der Waals surface area contributed by atoms with Crippen molar-refractivity contribution in [1.29, 1.82) is 0 Å². The Morgan fingerprint density at radius 3 is 2.30 bits per heavy atom. The standard InChI is InChI=1S/C28H39N3O5S/c1-21-15-22(2)28(23(3)16-21)37(33,34)31-18-25-8-6-5-7-24(25)17-26(31)19-36-20-27(32)30-11-9-29(10-12-30)13-14-35-4/h5-8,15-16,26H,9-14,17-20H2,1-4H3. The summed E-state index contributed by atoms with van der Waals surface area (Å²) in [6.45, 7) is 10.6. The van der Waals surface area contributed by atoms with Crippen molar-refractivity contribution in [2.45, 2.75) is 44.7 Å². The van der Waals surface area contributed by atoms with Crippen LogP contribution in [0.5, 0.6) is 0 Å². The molecular weight excluding hydrogens is 490 g/mol. The van der Waals surface area contributed by atoms with Gasteiger partial charge in [0.1, 0.15) is 6.61 Å². The van der Waals surface area contributed by atoms with Crippen molar-refractivity contribution in [3.63, 3.8) is 0 Å². The number of aryl methyl sites for hydroxylation is 3. The van der Waals surface area contributed by atoms with Crippen LogP contribution >= 0.6 is 0 Å². The van der Waals surface area contributed by atoms with Crippen molar-refractivity contribution in [1.82, 2.24) is 14.1 Å². The highest BCUT2D eigenvalue weighted by Gasteiger charge is 2.37. The van der Waals surface area contributed by atoms with Crippen molar-refractivity contribution < 1.29 is 22.7 Å². The maximum Gasteiger partial charge on any atom is 0.248 e. The van der Waals surface area contributed by atoms with Crippen molar-refractivity contribution in [2.75, 3.05) is 59.7 Å². The van der Waals surface area contributed by atoms with Crippen LogP contribution in [0.15, 0.2) is 41.3 Å². The summed E-state index contributed by atoms with van der Waals surface area (Å²) >= 11 is 0. The molecule has 0 N–H and O–H groups in total. The second-order valence-corrected chi connectivity index (χ2v) is 12.0. The molecule has 0 aliphatic carbocycles. The molecule has 8 nitrogen and oxygen atoms in total. The lowest BCUT2D eigenvalue weighted by Gasteiger charge is -2.37. The number of hydrogen-bond donors (Lipinski definition) is 0. The predicted octanol–water partition coefficient (Wildman–Crippen LogP) is 2.53. The third-order valence-electron chi connectivity index (χ3n) is 7.35. The van der Waals surface area contributed by atoms with Crippen molar-refractivity contribution in [3.05, 3.63) is 64.2 Å². The minimum absolute atomic E-state index is 0.0489. The summed E-state index contributed by atoms with van der Waals surface area (Å²) in [5.74, 6) is -0.0535. The molecule has 0 aromatic heterocycles. The lowest BCUT2D eigenvalue weighted by atomic mass is 9.96. The van der Waals surface area contributed by atoms with Gasteiger partial charge in [-0.25, -0.2) is 8.42 Å². The average molecular weight is 530 g/mol. The summed E-state index contributed by atoms with van der Waals surface area (Å²) in [4.78, 5) is 17.3. The molecule has 37 heavy (non-hydrogen) atoms. The van der Waals surface area contributed by atoms with Gasteiger partial charge in [0.15, 0.2) is 0 Å².